The number of carbonyl (C=O) groups is 1. The molecule has 1 aromatic carbocycles. The van der Waals surface area contributed by atoms with Gasteiger partial charge in [-0.1, -0.05) is 48.0 Å². The number of halogens is 3. The number of pyridine rings is 1. The summed E-state index contributed by atoms with van der Waals surface area (Å²) in [5, 5.41) is 1.69. The number of hydrogen-bond acceptors (Lipinski definition) is 6. The van der Waals surface area contributed by atoms with Crippen LogP contribution in [-0.4, -0.2) is 75.5 Å². The predicted molar refractivity (Wildman–Crippen MR) is 190 cm³/mol. The fraction of sp³-hybridized carbons (Fsp3) is 0.486. The number of methoxy groups -OCH3 is 1. The minimum absolute atomic E-state index is 0.0957. The minimum atomic E-state index is -4.33. The van der Waals surface area contributed by atoms with Gasteiger partial charge < -0.3 is 4.74 Å². The Hall–Kier alpha value is -3.65. The third kappa shape index (κ3) is 13.5. The quantitative estimate of drug-likeness (QED) is 0.0938. The molecule has 4 N–H and O–H groups in total. The molecule has 3 aromatic rings. The number of carbonyl (C=O) groups excluding carboxylic acids is 1. The Morgan fingerprint density at radius 2 is 1.89 bits per heavy atom. The first kappa shape index (κ1) is 41.4. The molecule has 0 aliphatic carbocycles. The normalized spacial score (nSPS) is 12.9. The molecule has 1 fully saturated rings. The summed E-state index contributed by atoms with van der Waals surface area (Å²) in [5.41, 5.74) is 7.75. The first-order valence-corrected chi connectivity index (χ1v) is 17.7. The number of ether oxygens (including phenoxy) is 2. The third-order valence-corrected chi connectivity index (χ3v) is 8.04. The molecule has 2 aromatic heterocycles. The Balaban J connectivity index is 0.000000797. The van der Waals surface area contributed by atoms with Crippen LogP contribution in [-0.2, 0) is 4.74 Å². The monoisotopic (exact) mass is 725 g/mol. The van der Waals surface area contributed by atoms with Crippen molar-refractivity contribution >= 4 is 48.6 Å². The van der Waals surface area contributed by atoms with E-state index in [1.165, 1.54) is 24.4 Å². The molecule has 0 saturated carbocycles. The summed E-state index contributed by atoms with van der Waals surface area (Å²) in [5.74, 6) is 5.91. The van der Waals surface area contributed by atoms with Crippen LogP contribution >= 0.6 is 0 Å². The number of benzene rings is 1. The number of hydrogen-bond donors (Lipinski definition) is 3. The van der Waals surface area contributed by atoms with E-state index in [0.29, 0.717) is 41.4 Å². The van der Waals surface area contributed by atoms with Crippen LogP contribution in [0.15, 0.2) is 47.6 Å². The number of amides is 1. The zero-order valence-corrected chi connectivity index (χ0v) is 30.5. The molecule has 0 unspecified atom stereocenters. The molecule has 1 aliphatic rings. The second-order valence-corrected chi connectivity index (χ2v) is 12.3. The molecule has 260 valence electrons. The van der Waals surface area contributed by atoms with Crippen LogP contribution in [0.1, 0.15) is 83.7 Å². The number of nitrogens with two attached hydrogens (primary N) is 1. The zero-order chi connectivity index (χ0) is 35.5. The fourth-order valence-corrected chi connectivity index (χ4v) is 5.51. The molecule has 8 nitrogen and oxygen atoms in total. The molecular formula is C35H50F3N5O3Se. The molecule has 1 saturated heterocycles. The number of nitrogens with one attached hydrogen (secondary N) is 2. The molecule has 0 radical (unpaired) electrons. The number of unbranched alkanes of at least 4 members (excludes halogenated alkanes) is 1. The van der Waals surface area contributed by atoms with Gasteiger partial charge >= 0.3 is 176 Å². The van der Waals surface area contributed by atoms with Crippen molar-refractivity contribution in [1.82, 2.24) is 9.72 Å². The van der Waals surface area contributed by atoms with Crippen LogP contribution in [0.2, 0.25) is 0 Å². The van der Waals surface area contributed by atoms with Gasteiger partial charge in [-0.05, 0) is 26.0 Å². The summed E-state index contributed by atoms with van der Waals surface area (Å²) in [6, 6.07) is 9.78. The average Bonchev–Trinajstić information content (AvgIpc) is 3.39. The van der Waals surface area contributed by atoms with Gasteiger partial charge in [-0.3, -0.25) is 4.99 Å². The Bertz CT molecular complexity index is 1470. The second kappa shape index (κ2) is 21.3. The molecule has 0 atom stereocenters. The fourth-order valence-electron chi connectivity index (χ4n) is 4.05. The van der Waals surface area contributed by atoms with Gasteiger partial charge in [0.1, 0.15) is 0 Å². The summed E-state index contributed by atoms with van der Waals surface area (Å²) in [6.07, 6.45) is 7.09. The van der Waals surface area contributed by atoms with Crippen LogP contribution in [0.3, 0.4) is 0 Å². The van der Waals surface area contributed by atoms with E-state index in [1.54, 1.807) is 42.6 Å². The van der Waals surface area contributed by atoms with E-state index < -0.39 is 20.0 Å². The van der Waals surface area contributed by atoms with Gasteiger partial charge in [-0.25, -0.2) is 0 Å². The standard InChI is InChI=1S/C24H23F3N4O3Se.C7H15N.2C2H6/c1-23(13-34-14-23)30-21(32)15-7-8-18(20(12-15)33-2)29-9-3-5-16-11-19-17(28)6-4-10-31(19)22(16)35-24(25,26)27;1-3-5-7-8-6-4-2;2*1-2/h4,6-8,10-12,29H,9,13-14,28H2,1-2H3,(H,30,32);6H,3-5,7H2,1-2H3;2*1-2H3. The van der Waals surface area contributed by atoms with E-state index in [9.17, 15) is 18.0 Å². The number of aliphatic imine (C=N–C) groups is 1. The Morgan fingerprint density at radius 1 is 1.19 bits per heavy atom. The molecule has 0 bridgehead atoms. The van der Waals surface area contributed by atoms with E-state index >= 15 is 0 Å². The van der Waals surface area contributed by atoms with Crippen molar-refractivity contribution in [3.63, 3.8) is 0 Å². The van der Waals surface area contributed by atoms with Crippen molar-refractivity contribution in [2.24, 2.45) is 4.99 Å². The van der Waals surface area contributed by atoms with Gasteiger partial charge in [-0.2, -0.15) is 0 Å². The number of aromatic nitrogens is 1. The van der Waals surface area contributed by atoms with Crippen LogP contribution in [0.25, 0.3) is 5.52 Å². The van der Waals surface area contributed by atoms with Gasteiger partial charge in [0.2, 0.25) is 0 Å². The molecule has 4 rings (SSSR count). The number of fused-ring (bicyclic) bond motifs is 1. The van der Waals surface area contributed by atoms with E-state index in [4.69, 9.17) is 15.2 Å². The first-order valence-electron chi connectivity index (χ1n) is 15.9. The summed E-state index contributed by atoms with van der Waals surface area (Å²) in [6.45, 7) is 16.3. The summed E-state index contributed by atoms with van der Waals surface area (Å²) in [7, 11) is 1.48. The summed E-state index contributed by atoms with van der Waals surface area (Å²) in [4.78, 5) is 16.7. The van der Waals surface area contributed by atoms with E-state index in [1.807, 2.05) is 40.8 Å². The maximum atomic E-state index is 13.2. The van der Waals surface area contributed by atoms with E-state index in [-0.39, 0.29) is 28.1 Å². The van der Waals surface area contributed by atoms with Gasteiger partial charge in [0, 0.05) is 6.54 Å². The molecule has 1 amide bonds. The molecule has 47 heavy (non-hydrogen) atoms. The van der Waals surface area contributed by atoms with Gasteiger partial charge in [-0.15, -0.1) is 0 Å². The Labute approximate surface area is 284 Å². The first-order chi connectivity index (χ1) is 22.5. The summed E-state index contributed by atoms with van der Waals surface area (Å²) >= 11 is -1.78. The van der Waals surface area contributed by atoms with Crippen LogP contribution in [0.4, 0.5) is 24.5 Å². The van der Waals surface area contributed by atoms with Gasteiger partial charge in [0.15, 0.2) is 0 Å². The Morgan fingerprint density at radius 3 is 2.47 bits per heavy atom. The van der Waals surface area contributed by atoms with Gasteiger partial charge in [0.05, 0.1) is 18.8 Å². The van der Waals surface area contributed by atoms with Crippen molar-refractivity contribution in [3.05, 3.63) is 53.7 Å². The van der Waals surface area contributed by atoms with Crippen LogP contribution in [0, 0.1) is 11.8 Å². The van der Waals surface area contributed by atoms with Crippen LogP contribution < -0.4 is 25.7 Å². The molecule has 0 spiro atoms. The molecule has 12 heteroatoms. The SMILES string of the molecule is CC.CC.CCC=NCCCC.COc1cc(C(=O)NC2(C)COC2)ccc1NCC#Cc1cc2c(N)cccn2c1[Se]C(F)(F)F. The summed E-state index contributed by atoms with van der Waals surface area (Å²) < 4.78 is 51.7. The molecule has 1 aliphatic heterocycles. The van der Waals surface area contributed by atoms with Crippen molar-refractivity contribution in [2.45, 2.75) is 78.3 Å². The number of nitrogens with zero attached hydrogens (tertiary/aromatic N) is 2. The van der Waals surface area contributed by atoms with Crippen molar-refractivity contribution in [1.29, 1.82) is 0 Å². The number of alkyl halides is 3. The van der Waals surface area contributed by atoms with E-state index in [2.05, 4.69) is 41.3 Å². The van der Waals surface area contributed by atoms with Crippen LogP contribution in [0.5, 0.6) is 5.75 Å². The Kier molecular flexibility index (Phi) is 18.7. The number of rotatable bonds is 10. The number of anilines is 2. The van der Waals surface area contributed by atoms with Crippen molar-refractivity contribution < 1.29 is 27.4 Å². The van der Waals surface area contributed by atoms with Gasteiger partial charge in [0.25, 0.3) is 0 Å². The maximum absolute atomic E-state index is 13.2. The molecule has 3 heterocycles. The predicted octanol–water partition coefficient (Wildman–Crippen LogP) is 6.68. The topological polar surface area (TPSA) is 102 Å². The number of nitrogen functional groups attached to an aromatic ring is 1. The van der Waals surface area contributed by atoms with E-state index in [0.717, 1.165) is 13.0 Å². The average molecular weight is 725 g/mol. The molecular weight excluding hydrogens is 674 g/mol. The zero-order valence-electron chi connectivity index (χ0n) is 28.8. The van der Waals surface area contributed by atoms with Crippen molar-refractivity contribution in [3.8, 4) is 17.6 Å². The van der Waals surface area contributed by atoms with Crippen molar-refractivity contribution in [2.75, 3.05) is 44.5 Å². The second-order valence-electron chi connectivity index (χ2n) is 10.1. The third-order valence-electron chi connectivity index (χ3n) is 6.27.